The van der Waals surface area contributed by atoms with Gasteiger partial charge in [0.2, 0.25) is 0 Å². The number of rotatable bonds is 0. The van der Waals surface area contributed by atoms with Crippen molar-refractivity contribution >= 4 is 0 Å². The van der Waals surface area contributed by atoms with Gasteiger partial charge in [-0.1, -0.05) is 0 Å². The van der Waals surface area contributed by atoms with Crippen LogP contribution in [0.1, 0.15) is 0 Å². The Bertz CT molecular complexity index is 113. The van der Waals surface area contributed by atoms with Gasteiger partial charge in [0.1, 0.15) is 0 Å². The van der Waals surface area contributed by atoms with E-state index >= 15 is 0 Å². The Morgan fingerprint density at radius 1 is 0.533 bits per heavy atom. The molecule has 0 aromatic rings. The molecule has 0 saturated carbocycles. The molecule has 0 saturated heterocycles. The van der Waals surface area contributed by atoms with Crippen LogP contribution in [0.15, 0.2) is 0 Å². The van der Waals surface area contributed by atoms with Gasteiger partial charge in [-0.15, -0.1) is 0 Å². The molecule has 0 rings (SSSR count). The maximum absolute atomic E-state index is 8.25. The molecule has 15 heteroatoms. The summed E-state index contributed by atoms with van der Waals surface area (Å²) in [6, 6.07) is 0. The molecule has 0 amide bonds. The van der Waals surface area contributed by atoms with E-state index in [0.717, 1.165) is 0 Å². The van der Waals surface area contributed by atoms with Crippen molar-refractivity contribution in [2.75, 3.05) is 0 Å². The molecule has 0 atom stereocenters. The minimum absolute atomic E-state index is 0. The van der Waals surface area contributed by atoms with E-state index in [9.17, 15) is 0 Å². The van der Waals surface area contributed by atoms with Crippen LogP contribution < -0.4 is 0 Å². The van der Waals surface area contributed by atoms with Gasteiger partial charge in [-0.2, -0.15) is 0 Å². The topological polar surface area (TPSA) is 262 Å². The predicted molar refractivity (Wildman–Crippen MR) is 38.3 cm³/mol. The molecule has 0 heterocycles. The minimum Gasteiger partial charge on any atom is -0.412 e. The summed E-state index contributed by atoms with van der Waals surface area (Å²) in [4.78, 5) is 24.8. The van der Waals surface area contributed by atoms with Crippen molar-refractivity contribution in [2.24, 2.45) is 0 Å². The summed E-state index contributed by atoms with van der Waals surface area (Å²) >= 11 is 0. The zero-order valence-electron chi connectivity index (χ0n) is 6.59. The maximum atomic E-state index is 8.25. The van der Waals surface area contributed by atoms with Gasteiger partial charge in [-0.05, 0) is 0 Å². The van der Waals surface area contributed by atoms with E-state index in [1.165, 1.54) is 0 Å². The first-order valence-corrected chi connectivity index (χ1v) is 1.64. The van der Waals surface area contributed by atoms with Gasteiger partial charge in [-0.3, -0.25) is 0 Å². The number of nitrogens with zero attached hydrogens (tertiary/aromatic N) is 3. The Morgan fingerprint density at radius 2 is 0.533 bits per heavy atom. The molecule has 0 bridgehead atoms. The average molecular weight is 361 g/mol. The van der Waals surface area contributed by atoms with E-state index in [4.69, 9.17) is 46.0 Å². The van der Waals surface area contributed by atoms with Crippen molar-refractivity contribution in [3.63, 3.8) is 0 Å². The van der Waals surface area contributed by atoms with Crippen LogP contribution >= 0.6 is 0 Å². The zero-order valence-corrected chi connectivity index (χ0v) is 10.2. The summed E-state index contributed by atoms with van der Waals surface area (Å²) in [5.41, 5.74) is 0. The van der Waals surface area contributed by atoms with Gasteiger partial charge in [0.05, 0.1) is 15.3 Å². The fraction of sp³-hybridized carbons (Fsp3) is 0. The van der Waals surface area contributed by atoms with Gasteiger partial charge in [0.15, 0.2) is 0 Å². The first-order chi connectivity index (χ1) is 5.20. The van der Waals surface area contributed by atoms with Gasteiger partial charge in [-0.25, -0.2) is 0 Å². The van der Waals surface area contributed by atoms with Crippen molar-refractivity contribution in [3.8, 4) is 0 Å². The Kier molecular flexibility index (Phi) is 72.8. The van der Waals surface area contributed by atoms with Gasteiger partial charge < -0.3 is 56.9 Å². The Hall–Kier alpha value is -1.29. The summed E-state index contributed by atoms with van der Waals surface area (Å²) in [7, 11) is 0. The van der Waals surface area contributed by atoms with Crippen LogP contribution in [0.3, 0.4) is 0 Å². The van der Waals surface area contributed by atoms with E-state index in [0.29, 0.717) is 0 Å². The fourth-order valence-corrected chi connectivity index (χ4v) is 0. The zero-order chi connectivity index (χ0) is 10.7. The molecule has 0 aliphatic rings. The van der Waals surface area contributed by atoms with Crippen LogP contribution in [0.25, 0.3) is 0 Å². The average Bonchev–Trinajstić information content (AvgIpc) is 1.54. The molecule has 0 aromatic heterocycles. The second-order valence-electron chi connectivity index (χ2n) is 0.671. The second-order valence-corrected chi connectivity index (χ2v) is 0.671. The second kappa shape index (κ2) is 29.3. The summed E-state index contributed by atoms with van der Waals surface area (Å²) in [5, 5.41) is 44.2. The molecule has 0 fully saturated rings. The monoisotopic (exact) mass is 361 g/mol. The Morgan fingerprint density at radius 3 is 0.533 bits per heavy atom. The van der Waals surface area contributed by atoms with Gasteiger partial charge >= 0.3 is 35.6 Å². The SMILES string of the molecule is O.O.O=[N+]([O-])[O-].O=[N+]([O-])[O-].O=[N+]([O-])[O-].[La+3]. The quantitative estimate of drug-likeness (QED) is 0.329. The minimum atomic E-state index is -1.75. The number of hydrogen-bond acceptors (Lipinski definition) is 9. The largest absolute Gasteiger partial charge is 3.00 e. The van der Waals surface area contributed by atoms with E-state index in [1.54, 1.807) is 0 Å². The van der Waals surface area contributed by atoms with Crippen molar-refractivity contribution in [1.29, 1.82) is 0 Å². The van der Waals surface area contributed by atoms with Crippen molar-refractivity contribution in [2.45, 2.75) is 0 Å². The van der Waals surface area contributed by atoms with Crippen LogP contribution in [0, 0.1) is 81.6 Å². The van der Waals surface area contributed by atoms with E-state index < -0.39 is 15.3 Å². The standard InChI is InChI=1S/La.3NO3.2H2O/c;3*2-1(3)4;;/h;;;;2*1H2/q+3;3*-1;;. The molecule has 0 radical (unpaired) electrons. The molecule has 0 unspecified atom stereocenters. The van der Waals surface area contributed by atoms with Crippen molar-refractivity contribution < 1.29 is 61.8 Å². The predicted octanol–water partition coefficient (Wildman–Crippen LogP) is -2.37. The van der Waals surface area contributed by atoms with Gasteiger partial charge in [0.25, 0.3) is 0 Å². The van der Waals surface area contributed by atoms with Gasteiger partial charge in [0, 0.05) is 0 Å². The third kappa shape index (κ3) is 884. The van der Waals surface area contributed by atoms with E-state index in [-0.39, 0.29) is 46.6 Å². The molecule has 0 spiro atoms. The van der Waals surface area contributed by atoms with E-state index in [1.807, 2.05) is 0 Å². The Balaban J connectivity index is -0.0000000184. The van der Waals surface area contributed by atoms with Crippen LogP contribution in [-0.2, 0) is 0 Å². The molecule has 0 aromatic carbocycles. The van der Waals surface area contributed by atoms with Crippen LogP contribution in [0.2, 0.25) is 0 Å². The van der Waals surface area contributed by atoms with Crippen LogP contribution in [0.5, 0.6) is 0 Å². The molecular weight excluding hydrogens is 357 g/mol. The van der Waals surface area contributed by atoms with Crippen LogP contribution in [-0.4, -0.2) is 26.2 Å². The molecule has 14 nitrogen and oxygen atoms in total. The Labute approximate surface area is 108 Å². The summed E-state index contributed by atoms with van der Waals surface area (Å²) < 4.78 is 0. The maximum Gasteiger partial charge on any atom is 3.00 e. The van der Waals surface area contributed by atoms with E-state index in [2.05, 4.69) is 0 Å². The first kappa shape index (κ1) is 37.3. The normalized spacial score (nSPS) is 4.80. The molecule has 0 aliphatic carbocycles. The smallest absolute Gasteiger partial charge is 0.412 e. The molecule has 88 valence electrons. The third-order valence-electron chi connectivity index (χ3n) is 0. The molecule has 4 N–H and O–H groups in total. The fourth-order valence-electron chi connectivity index (χ4n) is 0. The molecular formula is H4LaN3O11. The summed E-state index contributed by atoms with van der Waals surface area (Å²) in [6.07, 6.45) is 0. The van der Waals surface area contributed by atoms with Crippen molar-refractivity contribution in [1.82, 2.24) is 0 Å². The third-order valence-corrected chi connectivity index (χ3v) is 0. The molecule has 15 heavy (non-hydrogen) atoms. The molecule has 0 aliphatic heterocycles. The van der Waals surface area contributed by atoms with Crippen LogP contribution in [0.4, 0.5) is 0 Å². The van der Waals surface area contributed by atoms with Crippen molar-refractivity contribution in [3.05, 3.63) is 46.0 Å². The number of hydrogen-bond donors (Lipinski definition) is 0. The first-order valence-electron chi connectivity index (χ1n) is 1.64. The summed E-state index contributed by atoms with van der Waals surface area (Å²) in [5.74, 6) is 0. The summed E-state index contributed by atoms with van der Waals surface area (Å²) in [6.45, 7) is 0.